The van der Waals surface area contributed by atoms with Crippen LogP contribution in [0.15, 0.2) is 47.1 Å². The van der Waals surface area contributed by atoms with Crippen LogP contribution in [-0.4, -0.2) is 70.4 Å². The molecule has 0 saturated carbocycles. The maximum Gasteiger partial charge on any atom is 0.276 e. The van der Waals surface area contributed by atoms with Crippen molar-refractivity contribution in [2.45, 2.75) is 45.3 Å². The normalized spacial score (nSPS) is 23.5. The monoisotopic (exact) mass is 408 g/mol. The first kappa shape index (κ1) is 20.8. The maximum absolute atomic E-state index is 12.8. The van der Waals surface area contributed by atoms with Crippen molar-refractivity contribution in [2.75, 3.05) is 32.7 Å². The van der Waals surface area contributed by atoms with E-state index in [1.54, 1.807) is 0 Å². The summed E-state index contributed by atoms with van der Waals surface area (Å²) in [5.74, 6) is 0.632. The lowest BCUT2D eigenvalue weighted by atomic mass is 10.2. The van der Waals surface area contributed by atoms with Crippen molar-refractivity contribution in [1.29, 1.82) is 0 Å². The van der Waals surface area contributed by atoms with Gasteiger partial charge in [0.15, 0.2) is 5.69 Å². The van der Waals surface area contributed by atoms with Crippen LogP contribution in [-0.2, 0) is 6.54 Å². The Hall–Kier alpha value is -2.44. The molecule has 0 aliphatic carbocycles. The van der Waals surface area contributed by atoms with Gasteiger partial charge in [0.25, 0.3) is 5.91 Å². The van der Waals surface area contributed by atoms with Crippen LogP contribution in [0, 0.1) is 0 Å². The average molecular weight is 409 g/mol. The van der Waals surface area contributed by atoms with Crippen LogP contribution in [0.4, 0.5) is 0 Å². The van der Waals surface area contributed by atoms with Crippen LogP contribution in [0.5, 0.6) is 0 Å². The number of oxazole rings is 1. The molecule has 1 aromatic heterocycles. The van der Waals surface area contributed by atoms with E-state index in [9.17, 15) is 4.79 Å². The van der Waals surface area contributed by atoms with E-state index < -0.39 is 0 Å². The number of amides is 1. The second kappa shape index (κ2) is 9.58. The molecule has 160 valence electrons. The van der Waals surface area contributed by atoms with Crippen molar-refractivity contribution in [3.8, 4) is 0 Å². The molecule has 0 bridgehead atoms. The van der Waals surface area contributed by atoms with Gasteiger partial charge in [0.05, 0.1) is 6.54 Å². The minimum atomic E-state index is -0.00229. The van der Waals surface area contributed by atoms with E-state index in [1.165, 1.54) is 11.8 Å². The van der Waals surface area contributed by atoms with E-state index in [4.69, 9.17) is 4.42 Å². The largest absolute Gasteiger partial charge is 0.447 e. The second-order valence-corrected chi connectivity index (χ2v) is 8.50. The van der Waals surface area contributed by atoms with Gasteiger partial charge in [0.2, 0.25) is 5.89 Å². The Kier molecular flexibility index (Phi) is 6.65. The predicted octanol–water partition coefficient (Wildman–Crippen LogP) is 3.52. The molecular weight excluding hydrogens is 376 g/mol. The Labute approximate surface area is 179 Å². The molecule has 0 radical (unpaired) electrons. The van der Waals surface area contributed by atoms with E-state index in [1.807, 2.05) is 11.0 Å². The van der Waals surface area contributed by atoms with Gasteiger partial charge in [-0.3, -0.25) is 14.6 Å². The summed E-state index contributed by atoms with van der Waals surface area (Å²) in [5.41, 5.74) is 1.68. The van der Waals surface area contributed by atoms with Gasteiger partial charge in [0, 0.05) is 44.8 Å². The number of aromatic nitrogens is 1. The molecule has 2 fully saturated rings. The molecule has 2 aliphatic heterocycles. The fourth-order valence-corrected chi connectivity index (χ4v) is 4.43. The molecule has 30 heavy (non-hydrogen) atoms. The fraction of sp³-hybridized carbons (Fsp3) is 0.500. The van der Waals surface area contributed by atoms with Crippen molar-refractivity contribution in [3.63, 3.8) is 0 Å². The van der Waals surface area contributed by atoms with Crippen LogP contribution in [0.2, 0.25) is 0 Å². The number of nitrogens with zero attached hydrogens (tertiary/aromatic N) is 4. The number of rotatable bonds is 6. The average Bonchev–Trinajstić information content (AvgIpc) is 3.36. The van der Waals surface area contributed by atoms with Crippen LogP contribution in [0.3, 0.4) is 0 Å². The van der Waals surface area contributed by atoms with Gasteiger partial charge in [-0.15, -0.1) is 0 Å². The lowest BCUT2D eigenvalue weighted by Gasteiger charge is -2.33. The lowest BCUT2D eigenvalue weighted by molar-refractivity contribution is 0.0686. The summed E-state index contributed by atoms with van der Waals surface area (Å²) in [7, 11) is 0. The highest BCUT2D eigenvalue weighted by Crippen LogP contribution is 2.25. The molecule has 2 saturated heterocycles. The van der Waals surface area contributed by atoms with Gasteiger partial charge in [-0.25, -0.2) is 4.98 Å². The highest BCUT2D eigenvalue weighted by atomic mass is 16.3. The first-order valence-electron chi connectivity index (χ1n) is 11.0. The van der Waals surface area contributed by atoms with Crippen molar-refractivity contribution in [3.05, 3.63) is 59.8 Å². The van der Waals surface area contributed by atoms with E-state index in [-0.39, 0.29) is 18.0 Å². The highest BCUT2D eigenvalue weighted by molar-refractivity contribution is 5.92. The summed E-state index contributed by atoms with van der Waals surface area (Å²) in [4.78, 5) is 24.0. The summed E-state index contributed by atoms with van der Waals surface area (Å²) in [6.45, 7) is 9.84. The third kappa shape index (κ3) is 4.99. The third-order valence-corrected chi connectivity index (χ3v) is 6.25. The van der Waals surface area contributed by atoms with Gasteiger partial charge in [-0.05, 0) is 32.3 Å². The molecule has 0 N–H and O–H groups in total. The van der Waals surface area contributed by atoms with Crippen LogP contribution >= 0.6 is 0 Å². The quantitative estimate of drug-likeness (QED) is 0.732. The Balaban J connectivity index is 1.24. The van der Waals surface area contributed by atoms with E-state index in [0.717, 1.165) is 45.6 Å². The van der Waals surface area contributed by atoms with Gasteiger partial charge >= 0.3 is 0 Å². The summed E-state index contributed by atoms with van der Waals surface area (Å²) in [6.07, 6.45) is 8.06. The van der Waals surface area contributed by atoms with E-state index in [0.29, 0.717) is 18.1 Å². The fourth-order valence-electron chi connectivity index (χ4n) is 4.43. The van der Waals surface area contributed by atoms with Gasteiger partial charge < -0.3 is 9.32 Å². The molecule has 3 heterocycles. The Morgan fingerprint density at radius 2 is 1.73 bits per heavy atom. The van der Waals surface area contributed by atoms with Crippen molar-refractivity contribution >= 4 is 12.0 Å². The number of likely N-dealkylation sites (tertiary alicyclic amines) is 1. The molecule has 2 aliphatic rings. The molecule has 2 atom stereocenters. The number of carbonyl (C=O) groups is 1. The summed E-state index contributed by atoms with van der Waals surface area (Å²) in [5, 5.41) is 0. The number of carbonyl (C=O) groups excluding carboxylic acids is 1. The van der Waals surface area contributed by atoms with Crippen molar-refractivity contribution in [1.82, 2.24) is 19.7 Å². The molecule has 1 amide bonds. The van der Waals surface area contributed by atoms with Crippen molar-refractivity contribution in [2.24, 2.45) is 0 Å². The van der Waals surface area contributed by atoms with Crippen LogP contribution in [0.25, 0.3) is 6.08 Å². The van der Waals surface area contributed by atoms with E-state index in [2.05, 4.69) is 65.0 Å². The molecule has 2 aromatic rings. The van der Waals surface area contributed by atoms with Crippen molar-refractivity contribution < 1.29 is 9.21 Å². The first-order chi connectivity index (χ1) is 14.6. The van der Waals surface area contributed by atoms with Gasteiger partial charge in [-0.2, -0.15) is 0 Å². The number of hydrogen-bond acceptors (Lipinski definition) is 5. The predicted molar refractivity (Wildman–Crippen MR) is 118 cm³/mol. The SMILES string of the molecule is C[C@@H]1CC[C@@H](C)N1C(=O)c1coc(CN2CCN(C/C=C/c3ccccc3)CC2)n1. The zero-order valence-corrected chi connectivity index (χ0v) is 18.0. The summed E-state index contributed by atoms with van der Waals surface area (Å²) in [6, 6.07) is 11.0. The molecular formula is C24H32N4O2. The zero-order valence-electron chi connectivity index (χ0n) is 18.0. The smallest absolute Gasteiger partial charge is 0.276 e. The Bertz CT molecular complexity index is 845. The third-order valence-electron chi connectivity index (χ3n) is 6.25. The number of hydrogen-bond donors (Lipinski definition) is 0. The first-order valence-corrected chi connectivity index (χ1v) is 11.0. The molecule has 0 spiro atoms. The molecule has 6 heteroatoms. The second-order valence-electron chi connectivity index (χ2n) is 8.50. The van der Waals surface area contributed by atoms with E-state index >= 15 is 0 Å². The topological polar surface area (TPSA) is 52.8 Å². The van der Waals surface area contributed by atoms with Crippen LogP contribution < -0.4 is 0 Å². The molecule has 0 unspecified atom stereocenters. The van der Waals surface area contributed by atoms with Crippen LogP contribution in [0.1, 0.15) is 48.6 Å². The zero-order chi connectivity index (χ0) is 20.9. The minimum absolute atomic E-state index is 0.00229. The molecule has 1 aromatic carbocycles. The Morgan fingerprint density at radius 1 is 1.07 bits per heavy atom. The molecule has 4 rings (SSSR count). The summed E-state index contributed by atoms with van der Waals surface area (Å²) < 4.78 is 5.63. The van der Waals surface area contributed by atoms with Gasteiger partial charge in [-0.1, -0.05) is 42.5 Å². The standard InChI is InChI=1S/C24H32N4O2/c1-19-10-11-20(2)28(19)24(29)22-18-30-23(25-22)17-27-15-13-26(14-16-27)12-6-9-21-7-4-3-5-8-21/h3-9,18-20H,10-17H2,1-2H3/b9-6+/t19-,20-/m1/s1. The van der Waals surface area contributed by atoms with Gasteiger partial charge in [0.1, 0.15) is 6.26 Å². The Morgan fingerprint density at radius 3 is 2.43 bits per heavy atom. The minimum Gasteiger partial charge on any atom is -0.447 e. The number of piperazine rings is 1. The number of benzene rings is 1. The highest BCUT2D eigenvalue weighted by Gasteiger charge is 2.33. The lowest BCUT2D eigenvalue weighted by Crippen LogP contribution is -2.45. The summed E-state index contributed by atoms with van der Waals surface area (Å²) >= 11 is 0. The maximum atomic E-state index is 12.8. The molecule has 6 nitrogen and oxygen atoms in total.